The summed E-state index contributed by atoms with van der Waals surface area (Å²) in [5.74, 6) is 0.835. The molecule has 0 aliphatic carbocycles. The zero-order valence-electron chi connectivity index (χ0n) is 17.5. The molecule has 1 N–H and O–H groups in total. The van der Waals surface area contributed by atoms with Crippen molar-refractivity contribution in [3.05, 3.63) is 72.0 Å². The summed E-state index contributed by atoms with van der Waals surface area (Å²) in [6, 6.07) is 17.0. The Labute approximate surface area is 184 Å². The van der Waals surface area contributed by atoms with Gasteiger partial charge in [-0.05, 0) is 36.2 Å². The van der Waals surface area contributed by atoms with Gasteiger partial charge in [0, 0.05) is 11.6 Å². The summed E-state index contributed by atoms with van der Waals surface area (Å²) in [4.78, 5) is 12.0. The SMILES string of the molecule is CCc1ccccc1OCC(=O)NCCOc1ccc2nnc(-c3cccc(F)c3)n2n1. The Morgan fingerprint density at radius 1 is 1.06 bits per heavy atom. The minimum Gasteiger partial charge on any atom is -0.483 e. The van der Waals surface area contributed by atoms with E-state index < -0.39 is 0 Å². The summed E-state index contributed by atoms with van der Waals surface area (Å²) >= 11 is 0. The summed E-state index contributed by atoms with van der Waals surface area (Å²) in [6.45, 7) is 2.47. The van der Waals surface area contributed by atoms with Gasteiger partial charge in [-0.1, -0.05) is 37.3 Å². The number of halogens is 1. The summed E-state index contributed by atoms with van der Waals surface area (Å²) in [5.41, 5.74) is 2.12. The zero-order valence-corrected chi connectivity index (χ0v) is 17.5. The van der Waals surface area contributed by atoms with E-state index in [1.165, 1.54) is 16.6 Å². The van der Waals surface area contributed by atoms with Crippen molar-refractivity contribution in [2.45, 2.75) is 13.3 Å². The molecule has 0 bridgehead atoms. The van der Waals surface area contributed by atoms with Gasteiger partial charge in [0.2, 0.25) is 5.88 Å². The van der Waals surface area contributed by atoms with Crippen LogP contribution in [-0.4, -0.2) is 45.5 Å². The molecule has 32 heavy (non-hydrogen) atoms. The highest BCUT2D eigenvalue weighted by Gasteiger charge is 2.11. The van der Waals surface area contributed by atoms with Gasteiger partial charge in [0.05, 0.1) is 6.54 Å². The predicted molar refractivity (Wildman–Crippen MR) is 116 cm³/mol. The Morgan fingerprint density at radius 3 is 2.78 bits per heavy atom. The lowest BCUT2D eigenvalue weighted by Crippen LogP contribution is -2.32. The third-order valence-corrected chi connectivity index (χ3v) is 4.71. The van der Waals surface area contributed by atoms with Gasteiger partial charge in [0.15, 0.2) is 18.1 Å². The number of carbonyl (C=O) groups is 1. The number of amides is 1. The number of carbonyl (C=O) groups excluding carboxylic acids is 1. The number of fused-ring (bicyclic) bond motifs is 1. The van der Waals surface area contributed by atoms with Crippen LogP contribution in [0, 0.1) is 5.82 Å². The molecule has 0 aliphatic heterocycles. The lowest BCUT2D eigenvalue weighted by atomic mass is 10.1. The first-order valence-electron chi connectivity index (χ1n) is 10.2. The maximum Gasteiger partial charge on any atom is 0.258 e. The van der Waals surface area contributed by atoms with Gasteiger partial charge in [-0.3, -0.25) is 4.79 Å². The van der Waals surface area contributed by atoms with Crippen LogP contribution in [0.3, 0.4) is 0 Å². The normalized spacial score (nSPS) is 10.8. The smallest absolute Gasteiger partial charge is 0.258 e. The second-order valence-corrected chi connectivity index (χ2v) is 6.92. The van der Waals surface area contributed by atoms with Crippen molar-refractivity contribution in [2.24, 2.45) is 0 Å². The Balaban J connectivity index is 1.30. The van der Waals surface area contributed by atoms with Crippen LogP contribution in [-0.2, 0) is 11.2 Å². The lowest BCUT2D eigenvalue weighted by molar-refractivity contribution is -0.123. The molecule has 9 heteroatoms. The minimum atomic E-state index is -0.371. The highest BCUT2D eigenvalue weighted by atomic mass is 19.1. The van der Waals surface area contributed by atoms with Crippen LogP contribution in [0.5, 0.6) is 11.6 Å². The van der Waals surface area contributed by atoms with Crippen molar-refractivity contribution in [3.8, 4) is 23.0 Å². The topological polar surface area (TPSA) is 90.6 Å². The van der Waals surface area contributed by atoms with E-state index in [9.17, 15) is 9.18 Å². The monoisotopic (exact) mass is 435 g/mol. The average molecular weight is 435 g/mol. The molecule has 0 fully saturated rings. The zero-order chi connectivity index (χ0) is 22.3. The number of aryl methyl sites for hydroxylation is 1. The number of ether oxygens (including phenoxy) is 2. The van der Waals surface area contributed by atoms with E-state index in [0.717, 1.165) is 12.0 Å². The van der Waals surface area contributed by atoms with E-state index in [-0.39, 0.29) is 31.5 Å². The molecule has 2 aromatic carbocycles. The summed E-state index contributed by atoms with van der Waals surface area (Å²) in [7, 11) is 0. The van der Waals surface area contributed by atoms with Crippen LogP contribution in [0.4, 0.5) is 4.39 Å². The van der Waals surface area contributed by atoms with E-state index in [0.29, 0.717) is 28.7 Å². The fraction of sp³-hybridized carbons (Fsp3) is 0.217. The van der Waals surface area contributed by atoms with Crippen molar-refractivity contribution >= 4 is 11.6 Å². The fourth-order valence-corrected chi connectivity index (χ4v) is 3.13. The van der Waals surface area contributed by atoms with Gasteiger partial charge in [0.25, 0.3) is 5.91 Å². The van der Waals surface area contributed by atoms with Crippen molar-refractivity contribution in [1.82, 2.24) is 25.1 Å². The molecule has 0 radical (unpaired) electrons. The van der Waals surface area contributed by atoms with Gasteiger partial charge in [0.1, 0.15) is 18.2 Å². The molecular formula is C23H22FN5O3. The standard InChI is InChI=1S/C23H22FN5O3/c1-2-16-6-3-4-9-19(16)32-15-21(30)25-12-13-31-22-11-10-20-26-27-23(29(20)28-22)17-7-5-8-18(24)14-17/h3-11,14H,2,12-13,15H2,1H3,(H,25,30). The predicted octanol–water partition coefficient (Wildman–Crippen LogP) is 3.07. The third-order valence-electron chi connectivity index (χ3n) is 4.71. The number of hydrogen-bond acceptors (Lipinski definition) is 6. The Kier molecular flexibility index (Phi) is 6.54. The number of para-hydroxylation sites is 1. The Bertz CT molecular complexity index is 1230. The average Bonchev–Trinajstić information content (AvgIpc) is 3.24. The van der Waals surface area contributed by atoms with E-state index in [1.807, 2.05) is 31.2 Å². The molecule has 0 saturated heterocycles. The molecule has 164 valence electrons. The molecule has 0 unspecified atom stereocenters. The molecule has 4 aromatic rings. The van der Waals surface area contributed by atoms with Crippen molar-refractivity contribution in [1.29, 1.82) is 0 Å². The number of nitrogens with zero attached hydrogens (tertiary/aromatic N) is 4. The van der Waals surface area contributed by atoms with E-state index in [4.69, 9.17) is 9.47 Å². The fourth-order valence-electron chi connectivity index (χ4n) is 3.13. The van der Waals surface area contributed by atoms with Gasteiger partial charge >= 0.3 is 0 Å². The molecule has 4 rings (SSSR count). The van der Waals surface area contributed by atoms with Gasteiger partial charge in [-0.15, -0.1) is 15.3 Å². The maximum atomic E-state index is 13.6. The van der Waals surface area contributed by atoms with Crippen molar-refractivity contribution in [2.75, 3.05) is 19.8 Å². The minimum absolute atomic E-state index is 0.0705. The van der Waals surface area contributed by atoms with Crippen LogP contribution in [0.1, 0.15) is 12.5 Å². The number of hydrogen-bond donors (Lipinski definition) is 1. The molecule has 8 nitrogen and oxygen atoms in total. The van der Waals surface area contributed by atoms with Crippen LogP contribution in [0.15, 0.2) is 60.7 Å². The Morgan fingerprint density at radius 2 is 1.94 bits per heavy atom. The summed E-state index contributed by atoms with van der Waals surface area (Å²) < 4.78 is 26.3. The lowest BCUT2D eigenvalue weighted by Gasteiger charge is -2.11. The van der Waals surface area contributed by atoms with E-state index in [1.54, 1.807) is 24.3 Å². The molecule has 1 amide bonds. The third kappa shape index (κ3) is 5.00. The van der Waals surface area contributed by atoms with Crippen LogP contribution in [0.2, 0.25) is 0 Å². The highest BCUT2D eigenvalue weighted by molar-refractivity contribution is 5.77. The highest BCUT2D eigenvalue weighted by Crippen LogP contribution is 2.20. The first-order valence-corrected chi connectivity index (χ1v) is 10.2. The largest absolute Gasteiger partial charge is 0.483 e. The molecule has 0 aliphatic rings. The maximum absolute atomic E-state index is 13.6. The van der Waals surface area contributed by atoms with Gasteiger partial charge < -0.3 is 14.8 Å². The Hall–Kier alpha value is -4.01. The van der Waals surface area contributed by atoms with Crippen molar-refractivity contribution < 1.29 is 18.7 Å². The summed E-state index contributed by atoms with van der Waals surface area (Å²) in [6.07, 6.45) is 0.830. The molecule has 0 spiro atoms. The van der Waals surface area contributed by atoms with Crippen LogP contribution >= 0.6 is 0 Å². The van der Waals surface area contributed by atoms with E-state index >= 15 is 0 Å². The molecule has 0 saturated carbocycles. The van der Waals surface area contributed by atoms with E-state index in [2.05, 4.69) is 20.6 Å². The number of aromatic nitrogens is 4. The quantitative estimate of drug-likeness (QED) is 0.407. The van der Waals surface area contributed by atoms with Crippen molar-refractivity contribution in [3.63, 3.8) is 0 Å². The molecule has 0 atom stereocenters. The number of nitrogens with one attached hydrogen (secondary N) is 1. The first kappa shape index (κ1) is 21.2. The molecule has 2 aromatic heterocycles. The number of benzene rings is 2. The second-order valence-electron chi connectivity index (χ2n) is 6.92. The second kappa shape index (κ2) is 9.86. The number of rotatable bonds is 9. The first-order chi connectivity index (χ1) is 15.6. The van der Waals surface area contributed by atoms with Gasteiger partial charge in [-0.2, -0.15) is 4.52 Å². The molecular weight excluding hydrogens is 413 g/mol. The summed E-state index contributed by atoms with van der Waals surface area (Å²) in [5, 5.41) is 15.2. The van der Waals surface area contributed by atoms with Crippen LogP contribution < -0.4 is 14.8 Å². The molecule has 2 heterocycles. The van der Waals surface area contributed by atoms with Crippen LogP contribution in [0.25, 0.3) is 17.0 Å². The van der Waals surface area contributed by atoms with Gasteiger partial charge in [-0.25, -0.2) is 4.39 Å².